The first-order valence-electron chi connectivity index (χ1n) is 5.23. The van der Waals surface area contributed by atoms with E-state index in [2.05, 4.69) is 5.32 Å². The van der Waals surface area contributed by atoms with Crippen LogP contribution < -0.4 is 11.1 Å². The van der Waals surface area contributed by atoms with E-state index in [0.717, 1.165) is 6.20 Å². The number of nitrogens with zero attached hydrogens (tertiary/aromatic N) is 1. The number of carbonyl (C=O) groups is 1. The molecule has 0 radical (unpaired) electrons. The summed E-state index contributed by atoms with van der Waals surface area (Å²) in [6, 6.07) is -0.861. The Morgan fingerprint density at radius 3 is 2.78 bits per heavy atom. The minimum absolute atomic E-state index is 0.599. The number of nitrogens with two attached hydrogens (primary N) is 1. The van der Waals surface area contributed by atoms with Crippen LogP contribution in [0.3, 0.4) is 0 Å². The maximum atomic E-state index is 13.7. The highest BCUT2D eigenvalue weighted by Crippen LogP contribution is 2.38. The first kappa shape index (κ1) is 13.1. The Hall–Kier alpha value is -1.29. The third kappa shape index (κ3) is 1.94. The van der Waals surface area contributed by atoms with Crippen molar-refractivity contribution in [1.29, 1.82) is 0 Å². The molecule has 1 fully saturated rings. The van der Waals surface area contributed by atoms with Crippen molar-refractivity contribution in [3.63, 3.8) is 0 Å². The number of rotatable bonds is 2. The van der Waals surface area contributed by atoms with Gasteiger partial charge in [-0.3, -0.25) is 4.90 Å². The molecular formula is C9H13F2N3O4. The third-order valence-corrected chi connectivity index (χ3v) is 2.79. The van der Waals surface area contributed by atoms with Gasteiger partial charge < -0.3 is 26.0 Å². The number of hydrogen-bond donors (Lipinski definition) is 4. The number of hydrogen-bond acceptors (Lipinski definition) is 5. The van der Waals surface area contributed by atoms with E-state index < -0.39 is 43.2 Å². The molecule has 0 spiro atoms. The number of carbonyl (C=O) groups excluding carboxylic acids is 1. The SMILES string of the molecule is NC1C=CN([C@@H]2O[C@H](CO)[C@H](O)C2(F)F)C(=O)N1. The lowest BCUT2D eigenvalue weighted by atomic mass is 10.1. The average molecular weight is 265 g/mol. The molecule has 5 N–H and O–H groups in total. The Bertz CT molecular complexity index is 379. The second-order valence-corrected chi connectivity index (χ2v) is 4.05. The average Bonchev–Trinajstić information content (AvgIpc) is 2.52. The van der Waals surface area contributed by atoms with Crippen LogP contribution >= 0.6 is 0 Å². The fourth-order valence-corrected chi connectivity index (χ4v) is 1.82. The number of halogens is 2. The number of nitrogens with one attached hydrogen (secondary N) is 1. The van der Waals surface area contributed by atoms with Crippen LogP contribution in [0.4, 0.5) is 13.6 Å². The monoisotopic (exact) mass is 265 g/mol. The summed E-state index contributed by atoms with van der Waals surface area (Å²) in [6.07, 6.45) is -4.00. The smallest absolute Gasteiger partial charge is 0.325 e. The third-order valence-electron chi connectivity index (χ3n) is 2.79. The van der Waals surface area contributed by atoms with Crippen LogP contribution in [0.2, 0.25) is 0 Å². The number of ether oxygens (including phenoxy) is 1. The first-order chi connectivity index (χ1) is 8.37. The molecule has 2 heterocycles. The van der Waals surface area contributed by atoms with Crippen molar-refractivity contribution < 1.29 is 28.5 Å². The van der Waals surface area contributed by atoms with E-state index in [1.54, 1.807) is 0 Å². The number of aliphatic hydroxyl groups excluding tert-OH is 2. The summed E-state index contributed by atoms with van der Waals surface area (Å²) in [4.78, 5) is 12.1. The molecule has 1 saturated heterocycles. The molecule has 4 atom stereocenters. The standard InChI is InChI=1S/C9H13F2N3O4/c10-9(11)6(16)4(3-15)18-7(9)14-2-1-5(12)13-8(14)17/h1-2,4-7,15-16H,3,12H2,(H,13,17)/t4-,5?,6+,7-/m1/s1. The molecule has 2 amide bonds. The van der Waals surface area contributed by atoms with Gasteiger partial charge in [0, 0.05) is 6.20 Å². The molecule has 2 aliphatic heterocycles. The molecular weight excluding hydrogens is 252 g/mol. The summed E-state index contributed by atoms with van der Waals surface area (Å²) in [5, 5.41) is 20.3. The van der Waals surface area contributed by atoms with Crippen LogP contribution in [0.1, 0.15) is 0 Å². The minimum Gasteiger partial charge on any atom is -0.394 e. The summed E-state index contributed by atoms with van der Waals surface area (Å²) < 4.78 is 32.2. The van der Waals surface area contributed by atoms with Crippen LogP contribution in [0.5, 0.6) is 0 Å². The number of urea groups is 1. The van der Waals surface area contributed by atoms with Crippen molar-refractivity contribution in [2.45, 2.75) is 30.5 Å². The van der Waals surface area contributed by atoms with Crippen molar-refractivity contribution >= 4 is 6.03 Å². The first-order valence-corrected chi connectivity index (χ1v) is 5.23. The quantitative estimate of drug-likeness (QED) is 0.487. The molecule has 2 aliphatic rings. The predicted molar refractivity (Wildman–Crippen MR) is 54.2 cm³/mol. The van der Waals surface area contributed by atoms with Gasteiger partial charge in [0.25, 0.3) is 0 Å². The zero-order chi connectivity index (χ0) is 13.5. The maximum absolute atomic E-state index is 13.7. The van der Waals surface area contributed by atoms with Gasteiger partial charge in [0.15, 0.2) is 6.10 Å². The van der Waals surface area contributed by atoms with Gasteiger partial charge in [0.1, 0.15) is 6.10 Å². The molecule has 0 aromatic carbocycles. The van der Waals surface area contributed by atoms with Crippen molar-refractivity contribution in [3.05, 3.63) is 12.3 Å². The predicted octanol–water partition coefficient (Wildman–Crippen LogP) is -1.48. The van der Waals surface area contributed by atoms with E-state index in [1.165, 1.54) is 6.08 Å². The zero-order valence-corrected chi connectivity index (χ0v) is 9.16. The van der Waals surface area contributed by atoms with E-state index >= 15 is 0 Å². The Balaban J connectivity index is 2.23. The fraction of sp³-hybridized carbons (Fsp3) is 0.667. The summed E-state index contributed by atoms with van der Waals surface area (Å²) in [5.74, 6) is -3.68. The summed E-state index contributed by atoms with van der Waals surface area (Å²) in [6.45, 7) is -0.772. The molecule has 0 bridgehead atoms. The van der Waals surface area contributed by atoms with E-state index in [9.17, 15) is 18.7 Å². The van der Waals surface area contributed by atoms with Crippen molar-refractivity contribution in [3.8, 4) is 0 Å². The highest BCUT2D eigenvalue weighted by atomic mass is 19.3. The summed E-state index contributed by atoms with van der Waals surface area (Å²) >= 11 is 0. The van der Waals surface area contributed by atoms with Crippen molar-refractivity contribution in [2.24, 2.45) is 5.73 Å². The molecule has 9 heteroatoms. The highest BCUT2D eigenvalue weighted by Gasteiger charge is 2.61. The molecule has 0 saturated carbocycles. The lowest BCUT2D eigenvalue weighted by molar-refractivity contribution is -0.145. The van der Waals surface area contributed by atoms with Crippen molar-refractivity contribution in [1.82, 2.24) is 10.2 Å². The largest absolute Gasteiger partial charge is 0.394 e. The Morgan fingerprint density at radius 2 is 2.28 bits per heavy atom. The van der Waals surface area contributed by atoms with Gasteiger partial charge in [0.2, 0.25) is 6.23 Å². The maximum Gasteiger partial charge on any atom is 0.325 e. The highest BCUT2D eigenvalue weighted by molar-refractivity contribution is 5.77. The van der Waals surface area contributed by atoms with Crippen LogP contribution in [0.25, 0.3) is 0 Å². The molecule has 0 aromatic heterocycles. The number of amides is 2. The van der Waals surface area contributed by atoms with Gasteiger partial charge in [-0.25, -0.2) is 4.79 Å². The second-order valence-electron chi connectivity index (χ2n) is 4.05. The normalized spacial score (nSPS) is 38.9. The molecule has 1 unspecified atom stereocenters. The topological polar surface area (TPSA) is 108 Å². The zero-order valence-electron chi connectivity index (χ0n) is 9.16. The van der Waals surface area contributed by atoms with Gasteiger partial charge >= 0.3 is 12.0 Å². The lowest BCUT2D eigenvalue weighted by Crippen LogP contribution is -2.57. The Morgan fingerprint density at radius 1 is 1.61 bits per heavy atom. The molecule has 0 aliphatic carbocycles. The Kier molecular flexibility index (Phi) is 3.23. The van der Waals surface area contributed by atoms with Gasteiger partial charge in [-0.1, -0.05) is 0 Å². The molecule has 0 aromatic rings. The number of alkyl halides is 2. The molecule has 2 rings (SSSR count). The molecule has 102 valence electrons. The molecule has 7 nitrogen and oxygen atoms in total. The summed E-state index contributed by atoms with van der Waals surface area (Å²) in [7, 11) is 0. The minimum atomic E-state index is -3.68. The Labute approximate surface area is 101 Å². The second kappa shape index (κ2) is 4.43. The van der Waals surface area contributed by atoms with E-state index in [1.807, 2.05) is 0 Å². The molecule has 18 heavy (non-hydrogen) atoms. The van der Waals surface area contributed by atoms with Crippen LogP contribution in [0, 0.1) is 0 Å². The van der Waals surface area contributed by atoms with E-state index in [-0.39, 0.29) is 0 Å². The summed E-state index contributed by atoms with van der Waals surface area (Å²) in [5.41, 5.74) is 5.37. The van der Waals surface area contributed by atoms with Crippen molar-refractivity contribution in [2.75, 3.05) is 6.61 Å². The van der Waals surface area contributed by atoms with E-state index in [0.29, 0.717) is 4.90 Å². The van der Waals surface area contributed by atoms with Gasteiger partial charge in [0.05, 0.1) is 12.8 Å². The van der Waals surface area contributed by atoms with Crippen LogP contribution in [0.15, 0.2) is 12.3 Å². The van der Waals surface area contributed by atoms with Gasteiger partial charge in [-0.2, -0.15) is 8.78 Å². The lowest BCUT2D eigenvalue weighted by Gasteiger charge is -2.32. The van der Waals surface area contributed by atoms with Crippen LogP contribution in [-0.4, -0.2) is 58.3 Å². The van der Waals surface area contributed by atoms with Crippen LogP contribution in [-0.2, 0) is 4.74 Å². The van der Waals surface area contributed by atoms with E-state index in [4.69, 9.17) is 15.6 Å². The van der Waals surface area contributed by atoms with Gasteiger partial charge in [-0.05, 0) is 6.08 Å². The number of aliphatic hydroxyl groups is 2. The fourth-order valence-electron chi connectivity index (χ4n) is 1.82. The van der Waals surface area contributed by atoms with Gasteiger partial charge in [-0.15, -0.1) is 0 Å².